The number of thioether (sulfide) groups is 1. The quantitative estimate of drug-likeness (QED) is 0.713. The maximum Gasteiger partial charge on any atom is 0.327 e. The predicted octanol–water partition coefficient (Wildman–Crippen LogP) is 1.02. The van der Waals surface area contributed by atoms with E-state index in [9.17, 15) is 4.79 Å². The molecule has 5 heteroatoms. The molecule has 1 fully saturated rings. The summed E-state index contributed by atoms with van der Waals surface area (Å²) in [5, 5.41) is 4.11. The van der Waals surface area contributed by atoms with E-state index in [4.69, 9.17) is 4.74 Å². The molecule has 1 unspecified atom stereocenters. The summed E-state index contributed by atoms with van der Waals surface area (Å²) in [6.45, 7) is 4.47. The van der Waals surface area contributed by atoms with Crippen molar-refractivity contribution in [3.63, 3.8) is 0 Å². The summed E-state index contributed by atoms with van der Waals surface area (Å²) >= 11 is 1.67. The molecule has 14 heavy (non-hydrogen) atoms. The highest BCUT2D eigenvalue weighted by Gasteiger charge is 2.18. The third kappa shape index (κ3) is 3.57. The molecular weight excluding hydrogens is 200 g/mol. The van der Waals surface area contributed by atoms with Crippen molar-refractivity contribution in [3.05, 3.63) is 0 Å². The lowest BCUT2D eigenvalue weighted by molar-refractivity contribution is -0.141. The van der Waals surface area contributed by atoms with Crippen LogP contribution in [0.2, 0.25) is 0 Å². The van der Waals surface area contributed by atoms with E-state index in [2.05, 4.69) is 17.2 Å². The van der Waals surface area contributed by atoms with Crippen LogP contribution < -0.4 is 5.32 Å². The number of hydrogen-bond donors (Lipinski definition) is 1. The Bertz CT molecular complexity index is 231. The van der Waals surface area contributed by atoms with E-state index in [0.29, 0.717) is 12.6 Å². The molecule has 1 aliphatic heterocycles. The topological polar surface area (TPSA) is 50.7 Å². The molecule has 1 atom stereocenters. The zero-order chi connectivity index (χ0) is 10.4. The third-order valence-electron chi connectivity index (χ3n) is 1.90. The molecule has 0 aromatic carbocycles. The Kier molecular flexibility index (Phi) is 4.79. The lowest BCUT2D eigenvalue weighted by atomic mass is 10.3. The fraction of sp³-hybridized carbons (Fsp3) is 0.778. The first kappa shape index (κ1) is 11.4. The van der Waals surface area contributed by atoms with Crippen LogP contribution in [0.5, 0.6) is 0 Å². The van der Waals surface area contributed by atoms with Crippen molar-refractivity contribution in [2.24, 2.45) is 4.99 Å². The molecule has 0 bridgehead atoms. The first-order valence-electron chi connectivity index (χ1n) is 4.85. The summed E-state index contributed by atoms with van der Waals surface area (Å²) in [5.74, 6) is 0.778. The van der Waals surface area contributed by atoms with Crippen molar-refractivity contribution in [1.82, 2.24) is 5.32 Å². The summed E-state index contributed by atoms with van der Waals surface area (Å²) in [7, 11) is 0. The van der Waals surface area contributed by atoms with Crippen LogP contribution in [-0.4, -0.2) is 36.1 Å². The molecule has 1 aliphatic rings. The Balaban J connectivity index is 2.28. The van der Waals surface area contributed by atoms with Gasteiger partial charge in [0.05, 0.1) is 6.61 Å². The highest BCUT2D eigenvalue weighted by Crippen LogP contribution is 2.15. The summed E-state index contributed by atoms with van der Waals surface area (Å²) in [6.07, 6.45) is 1.09. The summed E-state index contributed by atoms with van der Waals surface area (Å²) in [4.78, 5) is 15.1. The van der Waals surface area contributed by atoms with Gasteiger partial charge in [-0.15, -0.1) is 0 Å². The SMILES string of the molecule is CCOC(=O)CN=C1NC(CC)CS1. The first-order valence-corrected chi connectivity index (χ1v) is 5.84. The molecule has 0 aromatic heterocycles. The van der Waals surface area contributed by atoms with Crippen LogP contribution in [0.3, 0.4) is 0 Å². The van der Waals surface area contributed by atoms with E-state index in [1.54, 1.807) is 18.7 Å². The number of esters is 1. The molecule has 0 amide bonds. The van der Waals surface area contributed by atoms with E-state index in [1.165, 1.54) is 0 Å². The van der Waals surface area contributed by atoms with Gasteiger partial charge in [-0.2, -0.15) is 0 Å². The Morgan fingerprint density at radius 1 is 1.71 bits per heavy atom. The molecular formula is C9H16N2O2S. The smallest absolute Gasteiger partial charge is 0.327 e. The standard InChI is InChI=1S/C9H16N2O2S/c1-3-7-6-14-9(11-7)10-5-8(12)13-4-2/h7H,3-6H2,1-2H3,(H,10,11). The second-order valence-electron chi connectivity index (χ2n) is 2.99. The highest BCUT2D eigenvalue weighted by molar-refractivity contribution is 8.14. The van der Waals surface area contributed by atoms with Crippen molar-refractivity contribution < 1.29 is 9.53 Å². The highest BCUT2D eigenvalue weighted by atomic mass is 32.2. The van der Waals surface area contributed by atoms with E-state index < -0.39 is 0 Å². The van der Waals surface area contributed by atoms with Gasteiger partial charge in [-0.3, -0.25) is 9.79 Å². The molecule has 0 aromatic rings. The molecule has 0 aliphatic carbocycles. The fourth-order valence-corrected chi connectivity index (χ4v) is 2.18. The average Bonchev–Trinajstić information content (AvgIpc) is 2.63. The second kappa shape index (κ2) is 5.90. The number of carbonyl (C=O) groups is 1. The van der Waals surface area contributed by atoms with E-state index in [1.807, 2.05) is 0 Å². The van der Waals surface area contributed by atoms with Gasteiger partial charge < -0.3 is 10.1 Å². The molecule has 1 N–H and O–H groups in total. The second-order valence-corrected chi connectivity index (χ2v) is 4.00. The Morgan fingerprint density at radius 2 is 2.50 bits per heavy atom. The van der Waals surface area contributed by atoms with Gasteiger partial charge in [0, 0.05) is 11.8 Å². The molecule has 80 valence electrons. The lowest BCUT2D eigenvalue weighted by Gasteiger charge is -2.04. The van der Waals surface area contributed by atoms with Gasteiger partial charge in [-0.25, -0.2) is 0 Å². The van der Waals surface area contributed by atoms with Crippen LogP contribution in [0.15, 0.2) is 4.99 Å². The van der Waals surface area contributed by atoms with Gasteiger partial charge in [-0.05, 0) is 13.3 Å². The van der Waals surface area contributed by atoms with E-state index in [0.717, 1.165) is 17.3 Å². The van der Waals surface area contributed by atoms with Gasteiger partial charge in [0.2, 0.25) is 0 Å². The number of hydrogen-bond acceptors (Lipinski definition) is 4. The summed E-state index contributed by atoms with van der Waals surface area (Å²) < 4.78 is 4.77. The third-order valence-corrected chi connectivity index (χ3v) is 2.99. The van der Waals surface area contributed by atoms with Crippen LogP contribution in [0, 0.1) is 0 Å². The number of nitrogens with one attached hydrogen (secondary N) is 1. The molecule has 4 nitrogen and oxygen atoms in total. The Hall–Kier alpha value is -0.710. The molecule has 0 saturated carbocycles. The summed E-state index contributed by atoms with van der Waals surface area (Å²) in [5.41, 5.74) is 0. The average molecular weight is 216 g/mol. The molecule has 1 saturated heterocycles. The lowest BCUT2D eigenvalue weighted by Crippen LogP contribution is -2.26. The predicted molar refractivity (Wildman–Crippen MR) is 58.6 cm³/mol. The zero-order valence-corrected chi connectivity index (χ0v) is 9.39. The van der Waals surface area contributed by atoms with Crippen molar-refractivity contribution in [2.75, 3.05) is 18.9 Å². The van der Waals surface area contributed by atoms with Crippen LogP contribution in [-0.2, 0) is 9.53 Å². The van der Waals surface area contributed by atoms with Gasteiger partial charge in [0.1, 0.15) is 6.54 Å². The first-order chi connectivity index (χ1) is 6.76. The number of amidine groups is 1. The van der Waals surface area contributed by atoms with Crippen LogP contribution in [0.25, 0.3) is 0 Å². The number of ether oxygens (including phenoxy) is 1. The van der Waals surface area contributed by atoms with Gasteiger partial charge in [0.15, 0.2) is 5.17 Å². The number of rotatable bonds is 4. The molecule has 1 rings (SSSR count). The monoisotopic (exact) mass is 216 g/mol. The van der Waals surface area contributed by atoms with Gasteiger partial charge >= 0.3 is 5.97 Å². The van der Waals surface area contributed by atoms with Crippen LogP contribution >= 0.6 is 11.8 Å². The minimum absolute atomic E-state index is 0.125. The van der Waals surface area contributed by atoms with Gasteiger partial charge in [-0.1, -0.05) is 18.7 Å². The molecule has 0 spiro atoms. The van der Waals surface area contributed by atoms with Crippen molar-refractivity contribution in [3.8, 4) is 0 Å². The number of aliphatic imine (C=N–C) groups is 1. The van der Waals surface area contributed by atoms with Crippen molar-refractivity contribution in [2.45, 2.75) is 26.3 Å². The van der Waals surface area contributed by atoms with Crippen molar-refractivity contribution in [1.29, 1.82) is 0 Å². The van der Waals surface area contributed by atoms with E-state index >= 15 is 0 Å². The minimum Gasteiger partial charge on any atom is -0.465 e. The molecule has 0 radical (unpaired) electrons. The number of carbonyl (C=O) groups excluding carboxylic acids is 1. The number of nitrogens with zero attached hydrogens (tertiary/aromatic N) is 1. The maximum absolute atomic E-state index is 11.0. The Labute approximate surface area is 88.5 Å². The maximum atomic E-state index is 11.0. The van der Waals surface area contributed by atoms with E-state index in [-0.39, 0.29) is 12.5 Å². The Morgan fingerprint density at radius 3 is 3.07 bits per heavy atom. The normalized spacial score (nSPS) is 23.6. The largest absolute Gasteiger partial charge is 0.465 e. The van der Waals surface area contributed by atoms with Crippen LogP contribution in [0.1, 0.15) is 20.3 Å². The van der Waals surface area contributed by atoms with Crippen molar-refractivity contribution >= 4 is 22.9 Å². The van der Waals surface area contributed by atoms with Crippen LogP contribution in [0.4, 0.5) is 0 Å². The fourth-order valence-electron chi connectivity index (χ4n) is 1.09. The zero-order valence-electron chi connectivity index (χ0n) is 8.58. The summed E-state index contributed by atoms with van der Waals surface area (Å²) in [6, 6.07) is 0.501. The van der Waals surface area contributed by atoms with Gasteiger partial charge in [0.25, 0.3) is 0 Å². The molecule has 1 heterocycles. The minimum atomic E-state index is -0.262.